The number of nitrogens with zero attached hydrogens (tertiary/aromatic N) is 2. The molecule has 5 heteroatoms. The molecule has 3 nitrogen and oxygen atoms in total. The van der Waals surface area contributed by atoms with Crippen molar-refractivity contribution in [3.05, 3.63) is 34.1 Å². The minimum atomic E-state index is -0.234. The van der Waals surface area contributed by atoms with Crippen LogP contribution >= 0.6 is 15.9 Å². The van der Waals surface area contributed by atoms with Gasteiger partial charge in [0.05, 0.1) is 10.2 Å². The van der Waals surface area contributed by atoms with Gasteiger partial charge >= 0.3 is 0 Å². The van der Waals surface area contributed by atoms with E-state index in [1.54, 1.807) is 6.07 Å². The first-order valence-corrected chi connectivity index (χ1v) is 6.34. The fourth-order valence-corrected chi connectivity index (χ4v) is 2.39. The summed E-state index contributed by atoms with van der Waals surface area (Å²) in [5.74, 6) is -0.234. The summed E-state index contributed by atoms with van der Waals surface area (Å²) in [6.07, 6.45) is 1.61. The van der Waals surface area contributed by atoms with Gasteiger partial charge in [-0.2, -0.15) is 0 Å². The highest BCUT2D eigenvalue weighted by molar-refractivity contribution is 9.10. The summed E-state index contributed by atoms with van der Waals surface area (Å²) in [5.41, 5.74) is 1.95. The average Bonchev–Trinajstić information content (AvgIpc) is 2.35. The number of benzene rings is 1. The first kappa shape index (κ1) is 12.5. The van der Waals surface area contributed by atoms with E-state index in [1.807, 2.05) is 6.07 Å². The molecule has 0 bridgehead atoms. The molecular weight excluding hydrogens is 287 g/mol. The number of oxime groups is 1. The second-order valence-electron chi connectivity index (χ2n) is 4.19. The zero-order valence-electron chi connectivity index (χ0n) is 9.37. The van der Waals surface area contributed by atoms with Crippen LogP contribution in [0.1, 0.15) is 18.4 Å². The van der Waals surface area contributed by atoms with Crippen LogP contribution in [0, 0.1) is 5.82 Å². The van der Waals surface area contributed by atoms with Crippen molar-refractivity contribution < 1.29 is 9.60 Å². The highest BCUT2D eigenvalue weighted by Gasteiger charge is 2.15. The Kier molecular flexibility index (Phi) is 4.12. The van der Waals surface area contributed by atoms with E-state index in [4.69, 9.17) is 5.21 Å². The minimum Gasteiger partial charge on any atom is -0.411 e. The minimum absolute atomic E-state index is 0.234. The van der Waals surface area contributed by atoms with E-state index in [2.05, 4.69) is 26.0 Å². The zero-order valence-corrected chi connectivity index (χ0v) is 11.0. The Morgan fingerprint density at radius 3 is 2.65 bits per heavy atom. The summed E-state index contributed by atoms with van der Waals surface area (Å²) in [6.45, 7) is 2.57. The molecule has 2 rings (SSSR count). The van der Waals surface area contributed by atoms with Crippen molar-refractivity contribution in [2.75, 3.05) is 13.1 Å². The maximum atomic E-state index is 13.1. The van der Waals surface area contributed by atoms with Crippen molar-refractivity contribution in [3.63, 3.8) is 0 Å². The lowest BCUT2D eigenvalue weighted by Gasteiger charge is -2.27. The average molecular weight is 301 g/mol. The van der Waals surface area contributed by atoms with Gasteiger partial charge in [0, 0.05) is 32.5 Å². The van der Waals surface area contributed by atoms with E-state index < -0.39 is 0 Å². The monoisotopic (exact) mass is 300 g/mol. The van der Waals surface area contributed by atoms with Crippen LogP contribution in [0.4, 0.5) is 4.39 Å². The van der Waals surface area contributed by atoms with E-state index in [9.17, 15) is 4.39 Å². The first-order valence-electron chi connectivity index (χ1n) is 5.55. The number of hydrogen-bond acceptors (Lipinski definition) is 3. The molecule has 0 radical (unpaired) electrons. The maximum Gasteiger partial charge on any atom is 0.137 e. The van der Waals surface area contributed by atoms with Gasteiger partial charge in [-0.1, -0.05) is 11.2 Å². The molecule has 1 fully saturated rings. The lowest BCUT2D eigenvalue weighted by molar-refractivity contribution is 0.256. The molecule has 1 heterocycles. The smallest absolute Gasteiger partial charge is 0.137 e. The van der Waals surface area contributed by atoms with E-state index in [0.29, 0.717) is 4.47 Å². The van der Waals surface area contributed by atoms with Gasteiger partial charge in [0.25, 0.3) is 0 Å². The van der Waals surface area contributed by atoms with Crippen LogP contribution in [0.25, 0.3) is 0 Å². The van der Waals surface area contributed by atoms with Crippen LogP contribution < -0.4 is 0 Å². The molecule has 0 unspecified atom stereocenters. The lowest BCUT2D eigenvalue weighted by Crippen LogP contribution is -2.33. The highest BCUT2D eigenvalue weighted by Crippen LogP contribution is 2.19. The molecule has 1 saturated heterocycles. The summed E-state index contributed by atoms with van der Waals surface area (Å²) in [4.78, 5) is 2.27. The molecule has 1 aromatic rings. The molecular formula is C12H14BrFN2O. The second-order valence-corrected chi connectivity index (χ2v) is 5.05. The molecule has 1 aromatic carbocycles. The highest BCUT2D eigenvalue weighted by atomic mass is 79.9. The third-order valence-electron chi connectivity index (χ3n) is 2.96. The standard InChI is InChI=1S/C12H14BrFN2O/c13-11-7-9(1-2-12(11)14)8-16-5-3-10(15-17)4-6-16/h1-2,7,17H,3-6,8H2. The van der Waals surface area contributed by atoms with Gasteiger partial charge in [-0.25, -0.2) is 4.39 Å². The normalized spacial score (nSPS) is 17.2. The fraction of sp³-hybridized carbons (Fsp3) is 0.417. The SMILES string of the molecule is ON=C1CCN(Cc2ccc(F)c(Br)c2)CC1. The topological polar surface area (TPSA) is 35.8 Å². The van der Waals surface area contributed by atoms with Crippen molar-refractivity contribution in [3.8, 4) is 0 Å². The Hall–Kier alpha value is -0.940. The third-order valence-corrected chi connectivity index (χ3v) is 3.57. The first-order chi connectivity index (χ1) is 8.19. The van der Waals surface area contributed by atoms with Gasteiger partial charge in [-0.05, 0) is 33.6 Å². The molecule has 0 aliphatic carbocycles. The Labute approximate surface area is 108 Å². The Morgan fingerprint density at radius 2 is 2.06 bits per heavy atom. The molecule has 0 atom stereocenters. The fourth-order valence-electron chi connectivity index (χ4n) is 1.97. The quantitative estimate of drug-likeness (QED) is 0.673. The summed E-state index contributed by atoms with van der Waals surface area (Å²) in [5, 5.41) is 11.9. The van der Waals surface area contributed by atoms with Gasteiger partial charge in [-0.3, -0.25) is 4.90 Å². The molecule has 0 aromatic heterocycles. The van der Waals surface area contributed by atoms with Crippen molar-refractivity contribution in [1.29, 1.82) is 0 Å². The van der Waals surface area contributed by atoms with Crippen LogP contribution in [0.5, 0.6) is 0 Å². The summed E-state index contributed by atoms with van der Waals surface area (Å²) >= 11 is 3.19. The molecule has 0 spiro atoms. The maximum absolute atomic E-state index is 13.1. The number of halogens is 2. The predicted octanol–water partition coefficient (Wildman–Crippen LogP) is 3.01. The van der Waals surface area contributed by atoms with Crippen LogP contribution in [0.15, 0.2) is 27.8 Å². The molecule has 17 heavy (non-hydrogen) atoms. The van der Waals surface area contributed by atoms with Gasteiger partial charge < -0.3 is 5.21 Å². The predicted molar refractivity (Wildman–Crippen MR) is 67.8 cm³/mol. The van der Waals surface area contributed by atoms with Gasteiger partial charge in [0.2, 0.25) is 0 Å². The molecule has 1 N–H and O–H groups in total. The number of rotatable bonds is 2. The third kappa shape index (κ3) is 3.26. The Bertz CT molecular complexity index is 427. The van der Waals surface area contributed by atoms with E-state index >= 15 is 0 Å². The number of likely N-dealkylation sites (tertiary alicyclic amines) is 1. The summed E-state index contributed by atoms with van der Waals surface area (Å²) in [6, 6.07) is 5.09. The Morgan fingerprint density at radius 1 is 1.35 bits per heavy atom. The van der Waals surface area contributed by atoms with Crippen LogP contribution in [-0.4, -0.2) is 28.9 Å². The number of hydrogen-bond donors (Lipinski definition) is 1. The van der Waals surface area contributed by atoms with Crippen LogP contribution in [0.2, 0.25) is 0 Å². The summed E-state index contributed by atoms with van der Waals surface area (Å²) in [7, 11) is 0. The van der Waals surface area contributed by atoms with Gasteiger partial charge in [0.1, 0.15) is 5.82 Å². The van der Waals surface area contributed by atoms with Crippen molar-refractivity contribution in [1.82, 2.24) is 4.90 Å². The van der Waals surface area contributed by atoms with E-state index in [0.717, 1.165) is 43.8 Å². The molecule has 1 aliphatic heterocycles. The van der Waals surface area contributed by atoms with E-state index in [1.165, 1.54) is 6.07 Å². The summed E-state index contributed by atoms with van der Waals surface area (Å²) < 4.78 is 13.6. The Balaban J connectivity index is 1.95. The lowest BCUT2D eigenvalue weighted by atomic mass is 10.1. The van der Waals surface area contributed by atoms with Crippen LogP contribution in [0.3, 0.4) is 0 Å². The molecule has 0 saturated carbocycles. The largest absolute Gasteiger partial charge is 0.411 e. The number of piperidine rings is 1. The van der Waals surface area contributed by atoms with Crippen molar-refractivity contribution in [2.45, 2.75) is 19.4 Å². The van der Waals surface area contributed by atoms with Crippen LogP contribution in [-0.2, 0) is 6.54 Å². The second kappa shape index (κ2) is 5.60. The zero-order chi connectivity index (χ0) is 12.3. The van der Waals surface area contributed by atoms with E-state index in [-0.39, 0.29) is 5.82 Å². The molecule has 0 amide bonds. The molecule has 92 valence electrons. The van der Waals surface area contributed by atoms with Crippen molar-refractivity contribution >= 4 is 21.6 Å². The molecule has 1 aliphatic rings. The van der Waals surface area contributed by atoms with Gasteiger partial charge in [0.15, 0.2) is 0 Å². The van der Waals surface area contributed by atoms with Gasteiger partial charge in [-0.15, -0.1) is 0 Å². The van der Waals surface area contributed by atoms with Crippen molar-refractivity contribution in [2.24, 2.45) is 5.16 Å².